The SMILES string of the molecule is CC(CS)C(=O)N(CC(=O)O)N=Cc1ccc(Cl)cc1. The highest BCUT2D eigenvalue weighted by Gasteiger charge is 2.20. The molecule has 0 aliphatic rings. The van der Waals surface area contributed by atoms with Gasteiger partial charge in [0.1, 0.15) is 6.54 Å². The number of amides is 1. The summed E-state index contributed by atoms with van der Waals surface area (Å²) in [5.74, 6) is -1.59. The van der Waals surface area contributed by atoms with Crippen LogP contribution in [0.15, 0.2) is 29.4 Å². The van der Waals surface area contributed by atoms with E-state index >= 15 is 0 Å². The lowest BCUT2D eigenvalue weighted by molar-refractivity contribution is -0.145. The van der Waals surface area contributed by atoms with Crippen molar-refractivity contribution in [2.75, 3.05) is 12.3 Å². The highest BCUT2D eigenvalue weighted by molar-refractivity contribution is 7.80. The van der Waals surface area contributed by atoms with Crippen molar-refractivity contribution in [1.29, 1.82) is 0 Å². The molecule has 0 aliphatic heterocycles. The molecule has 0 heterocycles. The molecule has 0 fully saturated rings. The Morgan fingerprint density at radius 1 is 1.45 bits per heavy atom. The number of carbonyl (C=O) groups is 2. The zero-order valence-corrected chi connectivity index (χ0v) is 12.5. The van der Waals surface area contributed by atoms with Gasteiger partial charge in [-0.1, -0.05) is 30.7 Å². The zero-order valence-electron chi connectivity index (χ0n) is 10.9. The third kappa shape index (κ3) is 5.22. The van der Waals surface area contributed by atoms with Crippen LogP contribution in [-0.2, 0) is 9.59 Å². The number of halogens is 1. The number of aliphatic carboxylic acids is 1. The molecule has 1 atom stereocenters. The smallest absolute Gasteiger partial charge is 0.325 e. The average molecular weight is 315 g/mol. The number of rotatable bonds is 6. The van der Waals surface area contributed by atoms with E-state index in [0.29, 0.717) is 10.8 Å². The molecule has 20 heavy (non-hydrogen) atoms. The summed E-state index contributed by atoms with van der Waals surface area (Å²) >= 11 is 9.79. The van der Waals surface area contributed by atoms with Gasteiger partial charge in [-0.25, -0.2) is 5.01 Å². The number of benzene rings is 1. The Bertz CT molecular complexity index is 505. The van der Waals surface area contributed by atoms with E-state index in [-0.39, 0.29) is 5.91 Å². The van der Waals surface area contributed by atoms with Crippen LogP contribution in [0.25, 0.3) is 0 Å². The maximum absolute atomic E-state index is 12.0. The Morgan fingerprint density at radius 2 is 2.05 bits per heavy atom. The van der Waals surface area contributed by atoms with Gasteiger partial charge in [0.25, 0.3) is 0 Å². The Labute approximate surface area is 127 Å². The number of carbonyl (C=O) groups excluding carboxylic acids is 1. The molecular weight excluding hydrogens is 300 g/mol. The third-order valence-electron chi connectivity index (χ3n) is 2.45. The van der Waals surface area contributed by atoms with Crippen molar-refractivity contribution in [2.45, 2.75) is 6.92 Å². The molecule has 5 nitrogen and oxygen atoms in total. The highest BCUT2D eigenvalue weighted by atomic mass is 35.5. The quantitative estimate of drug-likeness (QED) is 0.480. The van der Waals surface area contributed by atoms with Crippen LogP contribution >= 0.6 is 24.2 Å². The van der Waals surface area contributed by atoms with Gasteiger partial charge in [-0.15, -0.1) is 0 Å². The van der Waals surface area contributed by atoms with Crippen LogP contribution in [0.4, 0.5) is 0 Å². The molecule has 1 rings (SSSR count). The van der Waals surface area contributed by atoms with Crippen molar-refractivity contribution in [2.24, 2.45) is 11.0 Å². The van der Waals surface area contributed by atoms with Crippen LogP contribution in [0.2, 0.25) is 5.02 Å². The molecule has 1 aromatic carbocycles. The van der Waals surface area contributed by atoms with Crippen LogP contribution in [0, 0.1) is 5.92 Å². The summed E-state index contributed by atoms with van der Waals surface area (Å²) in [6, 6.07) is 6.81. The Hall–Kier alpha value is -1.53. The molecule has 0 saturated carbocycles. The molecule has 1 N–H and O–H groups in total. The van der Waals surface area contributed by atoms with Gasteiger partial charge in [-0.2, -0.15) is 17.7 Å². The standard InChI is InChI=1S/C13H15ClN2O3S/c1-9(8-20)13(19)16(7-12(17)18)15-6-10-2-4-11(14)5-3-10/h2-6,9,20H,7-8H2,1H3,(H,17,18). The fraction of sp³-hybridized carbons (Fsp3) is 0.308. The number of carboxylic acid groups (broad SMARTS) is 1. The fourth-order valence-electron chi connectivity index (χ4n) is 1.32. The summed E-state index contributed by atoms with van der Waals surface area (Å²) in [6.45, 7) is 1.18. The number of hydrogen-bond donors (Lipinski definition) is 2. The van der Waals surface area contributed by atoms with Gasteiger partial charge in [0.15, 0.2) is 0 Å². The van der Waals surface area contributed by atoms with Crippen LogP contribution in [0.1, 0.15) is 12.5 Å². The zero-order chi connectivity index (χ0) is 15.1. The molecule has 0 aliphatic carbocycles. The maximum atomic E-state index is 12.0. The van der Waals surface area contributed by atoms with Crippen molar-refractivity contribution in [3.63, 3.8) is 0 Å². The molecular formula is C13H15ClN2O3S. The molecule has 0 bridgehead atoms. The van der Waals surface area contributed by atoms with Crippen molar-refractivity contribution in [3.05, 3.63) is 34.9 Å². The van der Waals surface area contributed by atoms with Crippen LogP contribution in [-0.4, -0.2) is 40.5 Å². The Kier molecular flexibility index (Phi) is 6.54. The van der Waals surface area contributed by atoms with Gasteiger partial charge < -0.3 is 5.11 Å². The van der Waals surface area contributed by atoms with Gasteiger partial charge in [0.05, 0.1) is 6.21 Å². The second-order valence-electron chi connectivity index (χ2n) is 4.17. The normalized spacial score (nSPS) is 12.3. The van der Waals surface area contributed by atoms with E-state index in [9.17, 15) is 9.59 Å². The van der Waals surface area contributed by atoms with E-state index in [1.165, 1.54) is 6.21 Å². The van der Waals surface area contributed by atoms with Gasteiger partial charge in [-0.3, -0.25) is 9.59 Å². The molecule has 1 aromatic rings. The van der Waals surface area contributed by atoms with E-state index in [1.54, 1.807) is 31.2 Å². The molecule has 108 valence electrons. The predicted molar refractivity (Wildman–Crippen MR) is 81.4 cm³/mol. The van der Waals surface area contributed by atoms with Gasteiger partial charge in [0, 0.05) is 16.7 Å². The molecule has 0 aromatic heterocycles. The van der Waals surface area contributed by atoms with Crippen molar-refractivity contribution in [1.82, 2.24) is 5.01 Å². The minimum atomic E-state index is -1.13. The first-order valence-corrected chi connectivity index (χ1v) is 6.88. The number of nitrogens with zero attached hydrogens (tertiary/aromatic N) is 2. The number of carboxylic acids is 1. The molecule has 7 heteroatoms. The topological polar surface area (TPSA) is 70.0 Å². The minimum absolute atomic E-state index is 0.325. The Morgan fingerprint density at radius 3 is 2.55 bits per heavy atom. The number of hydrogen-bond acceptors (Lipinski definition) is 4. The monoisotopic (exact) mass is 314 g/mol. The summed E-state index contributed by atoms with van der Waals surface area (Å²) in [6.07, 6.45) is 1.42. The van der Waals surface area contributed by atoms with E-state index in [1.807, 2.05) is 0 Å². The van der Waals surface area contributed by atoms with Gasteiger partial charge >= 0.3 is 5.97 Å². The van der Waals surface area contributed by atoms with Crippen molar-refractivity contribution in [3.8, 4) is 0 Å². The lowest BCUT2D eigenvalue weighted by Crippen LogP contribution is -2.35. The van der Waals surface area contributed by atoms with E-state index in [2.05, 4.69) is 17.7 Å². The van der Waals surface area contributed by atoms with Crippen LogP contribution < -0.4 is 0 Å². The number of thiol groups is 1. The first-order valence-electron chi connectivity index (χ1n) is 5.87. The molecule has 0 radical (unpaired) electrons. The largest absolute Gasteiger partial charge is 0.480 e. The average Bonchev–Trinajstić information content (AvgIpc) is 2.43. The molecule has 1 unspecified atom stereocenters. The van der Waals surface area contributed by atoms with Crippen molar-refractivity contribution >= 4 is 42.3 Å². The van der Waals surface area contributed by atoms with Crippen LogP contribution in [0.3, 0.4) is 0 Å². The summed E-state index contributed by atoms with van der Waals surface area (Å²) < 4.78 is 0. The highest BCUT2D eigenvalue weighted by Crippen LogP contribution is 2.09. The van der Waals surface area contributed by atoms with E-state index in [0.717, 1.165) is 10.6 Å². The second-order valence-corrected chi connectivity index (χ2v) is 4.97. The third-order valence-corrected chi connectivity index (χ3v) is 3.25. The van der Waals surface area contributed by atoms with E-state index in [4.69, 9.17) is 16.7 Å². The lowest BCUT2D eigenvalue weighted by atomic mass is 10.2. The maximum Gasteiger partial charge on any atom is 0.325 e. The lowest BCUT2D eigenvalue weighted by Gasteiger charge is -2.18. The minimum Gasteiger partial charge on any atom is -0.480 e. The van der Waals surface area contributed by atoms with Gasteiger partial charge in [0.2, 0.25) is 5.91 Å². The Balaban J connectivity index is 2.86. The van der Waals surface area contributed by atoms with Gasteiger partial charge in [-0.05, 0) is 17.7 Å². The number of hydrazone groups is 1. The molecule has 0 spiro atoms. The summed E-state index contributed by atoms with van der Waals surface area (Å²) in [7, 11) is 0. The fourth-order valence-corrected chi connectivity index (χ4v) is 1.60. The summed E-state index contributed by atoms with van der Waals surface area (Å²) in [5, 5.41) is 14.3. The first-order chi connectivity index (χ1) is 9.43. The predicted octanol–water partition coefficient (Wildman–Crippen LogP) is 2.15. The molecule has 0 saturated heterocycles. The van der Waals surface area contributed by atoms with Crippen molar-refractivity contribution < 1.29 is 14.7 Å². The van der Waals surface area contributed by atoms with E-state index < -0.39 is 18.4 Å². The summed E-state index contributed by atoms with van der Waals surface area (Å²) in [4.78, 5) is 22.7. The second kappa shape index (κ2) is 7.91. The van der Waals surface area contributed by atoms with Crippen LogP contribution in [0.5, 0.6) is 0 Å². The summed E-state index contributed by atoms with van der Waals surface area (Å²) in [5.41, 5.74) is 0.719. The molecule has 1 amide bonds. The first kappa shape index (κ1) is 16.5.